The number of carbonyl (C=O) groups excluding carboxylic acids is 2. The number of pyridine rings is 2. The van der Waals surface area contributed by atoms with Gasteiger partial charge in [0.25, 0.3) is 0 Å². The predicted octanol–water partition coefficient (Wildman–Crippen LogP) is 2.48. The quantitative estimate of drug-likeness (QED) is 0.578. The van der Waals surface area contributed by atoms with Gasteiger partial charge in [0.1, 0.15) is 5.78 Å². The molecule has 5 heterocycles. The highest BCUT2D eigenvalue weighted by molar-refractivity contribution is 5.87. The zero-order chi connectivity index (χ0) is 22.8. The first-order chi connectivity index (χ1) is 16.0. The molecule has 0 spiro atoms. The monoisotopic (exact) mass is 446 g/mol. The number of fused-ring (bicyclic) bond motifs is 1. The van der Waals surface area contributed by atoms with Gasteiger partial charge in [0.2, 0.25) is 5.91 Å². The van der Waals surface area contributed by atoms with Crippen LogP contribution in [0.5, 0.6) is 0 Å². The summed E-state index contributed by atoms with van der Waals surface area (Å²) in [6.07, 6.45) is 11.5. The average Bonchev–Trinajstić information content (AvgIpc) is 3.50. The van der Waals surface area contributed by atoms with E-state index >= 15 is 0 Å². The lowest BCUT2D eigenvalue weighted by atomic mass is 9.90. The molecule has 0 N–H and O–H groups in total. The fraction of sp³-hybridized carbons (Fsp3) is 0.480. The van der Waals surface area contributed by atoms with Crippen LogP contribution >= 0.6 is 0 Å². The molecule has 0 bridgehead atoms. The fourth-order valence-corrected chi connectivity index (χ4v) is 4.90. The maximum atomic E-state index is 13.0. The summed E-state index contributed by atoms with van der Waals surface area (Å²) < 4.78 is 1.75. The van der Waals surface area contributed by atoms with Gasteiger partial charge in [-0.25, -0.2) is 0 Å². The number of hydrogen-bond acceptors (Lipinski definition) is 6. The van der Waals surface area contributed by atoms with Gasteiger partial charge in [-0.15, -0.1) is 0 Å². The van der Waals surface area contributed by atoms with Crippen molar-refractivity contribution in [1.82, 2.24) is 29.5 Å². The Morgan fingerprint density at radius 1 is 0.970 bits per heavy atom. The maximum Gasteiger partial charge on any atom is 0.236 e. The first kappa shape index (κ1) is 21.7. The molecule has 3 aromatic heterocycles. The van der Waals surface area contributed by atoms with Crippen LogP contribution in [0.15, 0.2) is 36.9 Å². The van der Waals surface area contributed by atoms with Gasteiger partial charge in [-0.1, -0.05) is 0 Å². The first-order valence-electron chi connectivity index (χ1n) is 11.8. The van der Waals surface area contributed by atoms with Crippen LogP contribution in [0.25, 0.3) is 22.0 Å². The minimum atomic E-state index is 0.00160. The van der Waals surface area contributed by atoms with Crippen LogP contribution in [-0.4, -0.2) is 74.0 Å². The van der Waals surface area contributed by atoms with E-state index in [-0.39, 0.29) is 17.6 Å². The molecule has 172 valence electrons. The molecule has 1 amide bonds. The summed E-state index contributed by atoms with van der Waals surface area (Å²) in [5.41, 5.74) is 2.59. The Bertz CT molecular complexity index is 1160. The molecule has 33 heavy (non-hydrogen) atoms. The van der Waals surface area contributed by atoms with Crippen LogP contribution < -0.4 is 0 Å². The van der Waals surface area contributed by atoms with Gasteiger partial charge >= 0.3 is 0 Å². The molecule has 5 rings (SSSR count). The van der Waals surface area contributed by atoms with Crippen molar-refractivity contribution in [3.8, 4) is 11.3 Å². The Labute approximate surface area is 193 Å². The third-order valence-electron chi connectivity index (χ3n) is 6.88. The number of aromatic nitrogens is 4. The predicted molar refractivity (Wildman–Crippen MR) is 125 cm³/mol. The van der Waals surface area contributed by atoms with E-state index in [0.717, 1.165) is 53.7 Å². The van der Waals surface area contributed by atoms with Crippen LogP contribution in [-0.2, 0) is 23.1 Å². The van der Waals surface area contributed by atoms with E-state index in [1.165, 1.54) is 12.8 Å². The highest BCUT2D eigenvalue weighted by Crippen LogP contribution is 2.24. The molecule has 0 radical (unpaired) electrons. The Kier molecular flexibility index (Phi) is 6.17. The van der Waals surface area contributed by atoms with E-state index in [2.05, 4.69) is 20.0 Å². The zero-order valence-corrected chi connectivity index (χ0v) is 19.1. The molecule has 0 atom stereocenters. The molecular weight excluding hydrogens is 416 g/mol. The lowest BCUT2D eigenvalue weighted by Gasteiger charge is -2.32. The molecule has 2 aliphatic rings. The van der Waals surface area contributed by atoms with Crippen molar-refractivity contribution in [2.24, 2.45) is 13.0 Å². The van der Waals surface area contributed by atoms with Crippen molar-refractivity contribution in [3.63, 3.8) is 0 Å². The number of likely N-dealkylation sites (tertiary alicyclic amines) is 2. The Morgan fingerprint density at radius 3 is 2.45 bits per heavy atom. The van der Waals surface area contributed by atoms with Crippen LogP contribution in [0.2, 0.25) is 0 Å². The van der Waals surface area contributed by atoms with E-state index < -0.39 is 0 Å². The van der Waals surface area contributed by atoms with Gasteiger partial charge < -0.3 is 4.90 Å². The van der Waals surface area contributed by atoms with E-state index in [0.29, 0.717) is 26.1 Å². The number of piperidine rings is 1. The highest BCUT2D eigenvalue weighted by Gasteiger charge is 2.28. The second-order valence-electron chi connectivity index (χ2n) is 9.28. The number of Topliss-reactive ketones (excluding diaryl/α,β-unsaturated/α-hetero) is 1. The number of ketones is 1. The summed E-state index contributed by atoms with van der Waals surface area (Å²) in [7, 11) is 1.88. The second kappa shape index (κ2) is 9.39. The molecule has 0 aromatic carbocycles. The van der Waals surface area contributed by atoms with Crippen molar-refractivity contribution in [1.29, 1.82) is 0 Å². The summed E-state index contributed by atoms with van der Waals surface area (Å²) in [5, 5.41) is 6.18. The molecule has 0 saturated carbocycles. The summed E-state index contributed by atoms with van der Waals surface area (Å²) >= 11 is 0. The molecule has 0 unspecified atom stereocenters. The van der Waals surface area contributed by atoms with Crippen LogP contribution in [0, 0.1) is 5.92 Å². The smallest absolute Gasteiger partial charge is 0.236 e. The SMILES string of the molecule is Cn1cc(-c2cc3cc(CC(=O)C4CCN(C(=O)CN5CCCC5)CC4)ncc3cn2)cn1. The summed E-state index contributed by atoms with van der Waals surface area (Å²) in [6, 6.07) is 4.01. The Morgan fingerprint density at radius 2 is 1.73 bits per heavy atom. The van der Waals surface area contributed by atoms with Crippen molar-refractivity contribution in [3.05, 3.63) is 42.6 Å². The number of aryl methyl sites for hydroxylation is 1. The third-order valence-corrected chi connectivity index (χ3v) is 6.88. The minimum absolute atomic E-state index is 0.00160. The molecule has 8 nitrogen and oxygen atoms in total. The first-order valence-corrected chi connectivity index (χ1v) is 11.8. The highest BCUT2D eigenvalue weighted by atomic mass is 16.2. The van der Waals surface area contributed by atoms with Gasteiger partial charge in [0.05, 0.1) is 18.4 Å². The molecule has 0 aliphatic carbocycles. The Hall–Kier alpha value is -3.13. The van der Waals surface area contributed by atoms with Crippen LogP contribution in [0.4, 0.5) is 0 Å². The number of nitrogens with zero attached hydrogens (tertiary/aromatic N) is 6. The molecule has 2 aliphatic heterocycles. The standard InChI is InChI=1S/C25H30N6O2/c1-29-16-21(15-28-29)23-11-19-10-22(26-13-20(19)14-27-23)12-24(32)18-4-8-31(9-5-18)25(33)17-30-6-2-3-7-30/h10-11,13-16,18H,2-9,12,17H2,1H3. The van der Waals surface area contributed by atoms with Crippen LogP contribution in [0.3, 0.4) is 0 Å². The topological polar surface area (TPSA) is 84.2 Å². The van der Waals surface area contributed by atoms with E-state index in [1.54, 1.807) is 17.1 Å². The van der Waals surface area contributed by atoms with E-state index in [9.17, 15) is 9.59 Å². The van der Waals surface area contributed by atoms with Crippen LogP contribution in [0.1, 0.15) is 31.4 Å². The third kappa shape index (κ3) is 4.95. The lowest BCUT2D eigenvalue weighted by molar-refractivity contribution is -0.135. The van der Waals surface area contributed by atoms with Gasteiger partial charge in [0.15, 0.2) is 0 Å². The van der Waals surface area contributed by atoms with Crippen molar-refractivity contribution in [2.75, 3.05) is 32.7 Å². The number of carbonyl (C=O) groups is 2. The fourth-order valence-electron chi connectivity index (χ4n) is 4.90. The van der Waals surface area contributed by atoms with Gasteiger partial charge in [-0.3, -0.25) is 29.1 Å². The molecule has 3 aromatic rings. The summed E-state index contributed by atoms with van der Waals surface area (Å²) in [5.74, 6) is 0.425. The van der Waals surface area contributed by atoms with Crippen molar-refractivity contribution >= 4 is 22.5 Å². The Balaban J connectivity index is 1.19. The van der Waals surface area contributed by atoms with Gasteiger partial charge in [0, 0.05) is 67.7 Å². The normalized spacial score (nSPS) is 17.7. The van der Waals surface area contributed by atoms with Gasteiger partial charge in [-0.05, 0) is 56.3 Å². The summed E-state index contributed by atoms with van der Waals surface area (Å²) in [4.78, 5) is 38.7. The molecule has 2 fully saturated rings. The maximum absolute atomic E-state index is 13.0. The molecule has 8 heteroatoms. The van der Waals surface area contributed by atoms with E-state index in [4.69, 9.17) is 0 Å². The summed E-state index contributed by atoms with van der Waals surface area (Å²) in [6.45, 7) is 3.93. The number of rotatable bonds is 6. The lowest BCUT2D eigenvalue weighted by Crippen LogP contribution is -2.44. The minimum Gasteiger partial charge on any atom is -0.342 e. The second-order valence-corrected chi connectivity index (χ2v) is 9.28. The molecular formula is C25H30N6O2. The molecule has 2 saturated heterocycles. The van der Waals surface area contributed by atoms with Crippen molar-refractivity contribution < 1.29 is 9.59 Å². The number of hydrogen-bond donors (Lipinski definition) is 0. The average molecular weight is 447 g/mol. The van der Waals surface area contributed by atoms with Crippen molar-refractivity contribution in [2.45, 2.75) is 32.1 Å². The zero-order valence-electron chi connectivity index (χ0n) is 19.1. The van der Waals surface area contributed by atoms with E-state index in [1.807, 2.05) is 36.5 Å². The number of amides is 1. The largest absolute Gasteiger partial charge is 0.342 e. The van der Waals surface area contributed by atoms with Gasteiger partial charge in [-0.2, -0.15) is 5.10 Å².